The Bertz CT molecular complexity index is 644. The smallest absolute Gasteiger partial charge is 0.292 e. The van der Waals surface area contributed by atoms with Crippen LogP contribution in [-0.4, -0.2) is 39.4 Å². The number of carbonyl (C=O) groups is 1. The summed E-state index contributed by atoms with van der Waals surface area (Å²) in [5.74, 6) is -0.461. The number of rotatable bonds is 7. The fourth-order valence-corrected chi connectivity index (χ4v) is 2.55. The summed E-state index contributed by atoms with van der Waals surface area (Å²) in [7, 11) is -2.48. The number of sulfonamides is 1. The Kier molecular flexibility index (Phi) is 5.61. The summed E-state index contributed by atoms with van der Waals surface area (Å²) in [5.41, 5.74) is -0.166. The predicted molar refractivity (Wildman–Crippen MR) is 76.5 cm³/mol. The van der Waals surface area contributed by atoms with Gasteiger partial charge in [-0.1, -0.05) is 0 Å². The molecule has 0 aliphatic heterocycles. The number of hydrogen-bond acceptors (Lipinski definition) is 6. The average molecular weight is 316 g/mol. The summed E-state index contributed by atoms with van der Waals surface area (Å²) in [6.07, 6.45) is 0. The van der Waals surface area contributed by atoms with Crippen molar-refractivity contribution in [3.63, 3.8) is 0 Å². The number of anilines is 1. The van der Waals surface area contributed by atoms with E-state index in [1.165, 1.54) is 7.05 Å². The van der Waals surface area contributed by atoms with Crippen LogP contribution < -0.4 is 15.4 Å². The Labute approximate surface area is 121 Å². The van der Waals surface area contributed by atoms with Crippen molar-refractivity contribution in [2.75, 3.05) is 25.5 Å². The van der Waals surface area contributed by atoms with Gasteiger partial charge in [0, 0.05) is 19.7 Å². The standard InChI is InChI=1S/C11H16N4O5S/c1-3-13-11(16)7-14-21(19,20)8-4-5-10(15(17)18)9(6-8)12-2/h4-6,12,14H,3,7H2,1-2H3,(H,13,16). The average Bonchev–Trinajstić information content (AvgIpc) is 2.44. The van der Waals surface area contributed by atoms with E-state index < -0.39 is 27.4 Å². The first-order valence-electron chi connectivity index (χ1n) is 6.04. The zero-order chi connectivity index (χ0) is 16.0. The molecule has 0 fully saturated rings. The largest absolute Gasteiger partial charge is 0.383 e. The summed E-state index contributed by atoms with van der Waals surface area (Å²) in [4.78, 5) is 21.2. The molecule has 21 heavy (non-hydrogen) atoms. The second-order valence-corrected chi connectivity index (χ2v) is 5.73. The van der Waals surface area contributed by atoms with Crippen LogP contribution in [0.1, 0.15) is 6.92 Å². The van der Waals surface area contributed by atoms with Crippen molar-refractivity contribution in [3.05, 3.63) is 28.3 Å². The van der Waals surface area contributed by atoms with Gasteiger partial charge in [-0.2, -0.15) is 0 Å². The first-order chi connectivity index (χ1) is 9.81. The molecule has 0 saturated carbocycles. The van der Waals surface area contributed by atoms with Gasteiger partial charge < -0.3 is 10.6 Å². The first-order valence-corrected chi connectivity index (χ1v) is 7.52. The van der Waals surface area contributed by atoms with E-state index in [0.29, 0.717) is 6.54 Å². The normalized spacial score (nSPS) is 11.0. The van der Waals surface area contributed by atoms with Crippen LogP contribution in [0.15, 0.2) is 23.1 Å². The molecule has 0 aliphatic rings. The van der Waals surface area contributed by atoms with E-state index in [1.807, 2.05) is 0 Å². The minimum absolute atomic E-state index is 0.0703. The van der Waals surface area contributed by atoms with Crippen LogP contribution in [0.2, 0.25) is 0 Å². The lowest BCUT2D eigenvalue weighted by Gasteiger charge is -2.08. The molecule has 0 unspecified atom stereocenters. The summed E-state index contributed by atoms with van der Waals surface area (Å²) >= 11 is 0. The van der Waals surface area contributed by atoms with Crippen LogP contribution in [-0.2, 0) is 14.8 Å². The lowest BCUT2D eigenvalue weighted by Crippen LogP contribution is -2.36. The molecule has 0 atom stereocenters. The van der Waals surface area contributed by atoms with Gasteiger partial charge in [-0.15, -0.1) is 0 Å². The minimum Gasteiger partial charge on any atom is -0.383 e. The van der Waals surface area contributed by atoms with Crippen molar-refractivity contribution in [2.45, 2.75) is 11.8 Å². The third kappa shape index (κ3) is 4.39. The molecule has 0 aromatic heterocycles. The molecule has 10 heteroatoms. The summed E-state index contributed by atoms with van der Waals surface area (Å²) < 4.78 is 26.1. The Morgan fingerprint density at radius 3 is 2.57 bits per heavy atom. The van der Waals surface area contributed by atoms with Gasteiger partial charge in [0.2, 0.25) is 15.9 Å². The number of likely N-dealkylation sites (N-methyl/N-ethyl adjacent to an activating group) is 1. The fraction of sp³-hybridized carbons (Fsp3) is 0.364. The van der Waals surface area contributed by atoms with E-state index in [-0.39, 0.29) is 16.3 Å². The summed E-state index contributed by atoms with van der Waals surface area (Å²) in [5, 5.41) is 15.8. The van der Waals surface area contributed by atoms with Crippen molar-refractivity contribution in [3.8, 4) is 0 Å². The predicted octanol–water partition coefficient (Wildman–Crippen LogP) is 0.0509. The van der Waals surface area contributed by atoms with Gasteiger partial charge in [-0.3, -0.25) is 14.9 Å². The zero-order valence-electron chi connectivity index (χ0n) is 11.5. The molecule has 0 aliphatic carbocycles. The Morgan fingerprint density at radius 2 is 2.05 bits per heavy atom. The molecule has 0 saturated heterocycles. The molecule has 116 valence electrons. The SMILES string of the molecule is CCNC(=O)CNS(=O)(=O)c1ccc([N+](=O)[O-])c(NC)c1. The van der Waals surface area contributed by atoms with E-state index in [1.54, 1.807) is 6.92 Å². The number of amides is 1. The van der Waals surface area contributed by atoms with E-state index in [4.69, 9.17) is 0 Å². The molecule has 0 heterocycles. The maximum absolute atomic E-state index is 12.0. The Hall–Kier alpha value is -2.20. The zero-order valence-corrected chi connectivity index (χ0v) is 12.4. The molecule has 1 amide bonds. The lowest BCUT2D eigenvalue weighted by molar-refractivity contribution is -0.384. The highest BCUT2D eigenvalue weighted by Crippen LogP contribution is 2.26. The number of benzene rings is 1. The second-order valence-electron chi connectivity index (χ2n) is 3.96. The van der Waals surface area contributed by atoms with Crippen LogP contribution in [0.4, 0.5) is 11.4 Å². The third-order valence-electron chi connectivity index (χ3n) is 2.54. The van der Waals surface area contributed by atoms with Crippen molar-refractivity contribution < 1.29 is 18.1 Å². The number of nitro groups is 1. The van der Waals surface area contributed by atoms with Crippen molar-refractivity contribution >= 4 is 27.3 Å². The molecule has 1 aromatic rings. The molecule has 3 N–H and O–H groups in total. The van der Waals surface area contributed by atoms with Crippen molar-refractivity contribution in [2.24, 2.45) is 0 Å². The maximum Gasteiger partial charge on any atom is 0.292 e. The second kappa shape index (κ2) is 6.99. The number of hydrogen-bond donors (Lipinski definition) is 3. The minimum atomic E-state index is -3.92. The number of nitrogens with zero attached hydrogens (tertiary/aromatic N) is 1. The van der Waals surface area contributed by atoms with Gasteiger partial charge in [0.25, 0.3) is 5.69 Å². The van der Waals surface area contributed by atoms with E-state index in [9.17, 15) is 23.3 Å². The quantitative estimate of drug-likeness (QED) is 0.481. The van der Waals surface area contributed by atoms with Gasteiger partial charge in [0.15, 0.2) is 0 Å². The van der Waals surface area contributed by atoms with E-state index in [0.717, 1.165) is 18.2 Å². The van der Waals surface area contributed by atoms with E-state index >= 15 is 0 Å². The molecular weight excluding hydrogens is 300 g/mol. The number of carbonyl (C=O) groups excluding carboxylic acids is 1. The third-order valence-corrected chi connectivity index (χ3v) is 3.94. The topological polar surface area (TPSA) is 130 Å². The molecular formula is C11H16N4O5S. The lowest BCUT2D eigenvalue weighted by atomic mass is 10.3. The first kappa shape index (κ1) is 16.9. The maximum atomic E-state index is 12.0. The molecule has 1 rings (SSSR count). The molecule has 0 radical (unpaired) electrons. The molecule has 0 spiro atoms. The van der Waals surface area contributed by atoms with Crippen LogP contribution in [0, 0.1) is 10.1 Å². The van der Waals surface area contributed by atoms with Crippen LogP contribution >= 0.6 is 0 Å². The molecule has 1 aromatic carbocycles. The Morgan fingerprint density at radius 1 is 1.38 bits per heavy atom. The summed E-state index contributed by atoms with van der Waals surface area (Å²) in [6, 6.07) is 3.34. The van der Waals surface area contributed by atoms with Gasteiger partial charge in [-0.25, -0.2) is 13.1 Å². The highest BCUT2D eigenvalue weighted by atomic mass is 32.2. The number of nitrogens with one attached hydrogen (secondary N) is 3. The molecule has 9 nitrogen and oxygen atoms in total. The van der Waals surface area contributed by atoms with Crippen LogP contribution in [0.25, 0.3) is 0 Å². The molecule has 0 bridgehead atoms. The van der Waals surface area contributed by atoms with Gasteiger partial charge in [0.05, 0.1) is 16.4 Å². The van der Waals surface area contributed by atoms with Crippen LogP contribution in [0.5, 0.6) is 0 Å². The summed E-state index contributed by atoms with van der Waals surface area (Å²) in [6.45, 7) is 1.70. The van der Waals surface area contributed by atoms with Crippen molar-refractivity contribution in [1.29, 1.82) is 0 Å². The van der Waals surface area contributed by atoms with Gasteiger partial charge >= 0.3 is 0 Å². The number of nitro benzene ring substituents is 1. The Balaban J connectivity index is 2.98. The van der Waals surface area contributed by atoms with Crippen molar-refractivity contribution in [1.82, 2.24) is 10.0 Å². The van der Waals surface area contributed by atoms with Gasteiger partial charge in [-0.05, 0) is 19.1 Å². The highest BCUT2D eigenvalue weighted by molar-refractivity contribution is 7.89. The highest BCUT2D eigenvalue weighted by Gasteiger charge is 2.20. The van der Waals surface area contributed by atoms with Crippen LogP contribution in [0.3, 0.4) is 0 Å². The van der Waals surface area contributed by atoms with Gasteiger partial charge in [0.1, 0.15) is 5.69 Å². The van der Waals surface area contributed by atoms with E-state index in [2.05, 4.69) is 15.4 Å². The monoisotopic (exact) mass is 316 g/mol. The fourth-order valence-electron chi connectivity index (χ4n) is 1.55.